The molecule has 3 heteroatoms. The third kappa shape index (κ3) is 3.59. The number of methoxy groups -OCH3 is 1. The zero-order valence-electron chi connectivity index (χ0n) is 20.0. The highest BCUT2D eigenvalue weighted by molar-refractivity contribution is 5.39. The highest BCUT2D eigenvalue weighted by Gasteiger charge is 2.60. The molecule has 3 nitrogen and oxygen atoms in total. The molecule has 0 saturated heterocycles. The molecule has 4 fully saturated rings. The van der Waals surface area contributed by atoms with Crippen molar-refractivity contribution in [2.24, 2.45) is 40.4 Å². The molecule has 9 atom stereocenters. The van der Waals surface area contributed by atoms with Crippen LogP contribution in [0.4, 0.5) is 0 Å². The fraction of sp³-hybridized carbons (Fsp3) is 0.724. The number of rotatable bonds is 2. The van der Waals surface area contributed by atoms with E-state index in [4.69, 9.17) is 4.74 Å². The SMILES string of the molecule is COc1ccc(C#C[C@@H](O)[C@H]2CCC3C4CC[C@H]5C[C@H](O)CC[C@]5(C)C4CC[C@@]32C)cc1. The summed E-state index contributed by atoms with van der Waals surface area (Å²) in [7, 11) is 1.67. The topological polar surface area (TPSA) is 49.7 Å². The quantitative estimate of drug-likeness (QED) is 0.608. The summed E-state index contributed by atoms with van der Waals surface area (Å²) >= 11 is 0. The minimum absolute atomic E-state index is 0.0752. The normalized spacial score (nSPS) is 43.8. The van der Waals surface area contributed by atoms with Gasteiger partial charge in [-0.05, 0) is 117 Å². The van der Waals surface area contributed by atoms with E-state index in [1.165, 1.54) is 38.5 Å². The van der Waals surface area contributed by atoms with Crippen LogP contribution >= 0.6 is 0 Å². The molecule has 0 spiro atoms. The molecular weight excluding hydrogens is 396 g/mol. The van der Waals surface area contributed by atoms with Gasteiger partial charge in [0.15, 0.2) is 0 Å². The molecule has 174 valence electrons. The molecule has 1 aromatic carbocycles. The summed E-state index contributed by atoms with van der Waals surface area (Å²) in [5.41, 5.74) is 1.54. The van der Waals surface area contributed by atoms with Gasteiger partial charge in [0, 0.05) is 11.5 Å². The Kier molecular flexibility index (Phi) is 5.83. The van der Waals surface area contributed by atoms with Gasteiger partial charge < -0.3 is 14.9 Å². The third-order valence-electron chi connectivity index (χ3n) is 10.5. The van der Waals surface area contributed by atoms with E-state index in [9.17, 15) is 10.2 Å². The number of benzene rings is 1. The van der Waals surface area contributed by atoms with E-state index in [0.29, 0.717) is 17.3 Å². The molecule has 0 bridgehead atoms. The Balaban J connectivity index is 1.32. The highest BCUT2D eigenvalue weighted by atomic mass is 16.5. The standard InChI is InChI=1S/C29H40O3/c1-28-16-14-21(30)18-20(28)7-10-23-24-11-12-26(29(24,2)17-15-25(23)28)27(31)13-6-19-4-8-22(32-3)9-5-19/h4-5,8-9,20-21,23-27,30-31H,7,10-12,14-18H2,1-3H3/t20-,21+,23?,24?,25?,26+,27+,28-,29-/m0/s1. The summed E-state index contributed by atoms with van der Waals surface area (Å²) in [5, 5.41) is 21.4. The zero-order chi connectivity index (χ0) is 22.5. The molecular formula is C29H40O3. The summed E-state index contributed by atoms with van der Waals surface area (Å²) < 4.78 is 5.23. The van der Waals surface area contributed by atoms with Crippen LogP contribution in [0.2, 0.25) is 0 Å². The molecule has 5 rings (SSSR count). The molecule has 0 aliphatic heterocycles. The Morgan fingerprint density at radius 1 is 0.938 bits per heavy atom. The molecule has 1 aromatic rings. The first-order valence-corrected chi connectivity index (χ1v) is 12.9. The van der Waals surface area contributed by atoms with E-state index >= 15 is 0 Å². The zero-order valence-corrected chi connectivity index (χ0v) is 20.0. The van der Waals surface area contributed by atoms with E-state index < -0.39 is 6.10 Å². The van der Waals surface area contributed by atoms with Crippen LogP contribution < -0.4 is 4.74 Å². The van der Waals surface area contributed by atoms with Crippen LogP contribution in [-0.2, 0) is 0 Å². The first-order valence-electron chi connectivity index (χ1n) is 12.9. The van der Waals surface area contributed by atoms with Crippen molar-refractivity contribution in [3.63, 3.8) is 0 Å². The van der Waals surface area contributed by atoms with Crippen LogP contribution in [0.15, 0.2) is 24.3 Å². The van der Waals surface area contributed by atoms with Crippen LogP contribution in [0.25, 0.3) is 0 Å². The Hall–Kier alpha value is -1.50. The summed E-state index contributed by atoms with van der Waals surface area (Å²) in [5.74, 6) is 10.5. The van der Waals surface area contributed by atoms with Crippen molar-refractivity contribution < 1.29 is 14.9 Å². The van der Waals surface area contributed by atoms with Crippen molar-refractivity contribution in [2.75, 3.05) is 7.11 Å². The third-order valence-corrected chi connectivity index (χ3v) is 10.5. The Bertz CT molecular complexity index is 882. The minimum atomic E-state index is -0.555. The van der Waals surface area contributed by atoms with Crippen molar-refractivity contribution >= 4 is 0 Å². The first kappa shape index (κ1) is 22.3. The van der Waals surface area contributed by atoms with E-state index in [2.05, 4.69) is 25.7 Å². The summed E-state index contributed by atoms with van der Waals surface area (Å²) in [6.45, 7) is 5.01. The predicted octanol–water partition coefficient (Wildman–Crippen LogP) is 5.43. The van der Waals surface area contributed by atoms with Gasteiger partial charge in [0.1, 0.15) is 11.9 Å². The van der Waals surface area contributed by atoms with Crippen molar-refractivity contribution in [1.82, 2.24) is 0 Å². The van der Waals surface area contributed by atoms with Gasteiger partial charge in [0.25, 0.3) is 0 Å². The number of aliphatic hydroxyl groups excluding tert-OH is 2. The number of ether oxygens (including phenoxy) is 1. The van der Waals surface area contributed by atoms with E-state index in [-0.39, 0.29) is 17.4 Å². The Labute approximate surface area is 194 Å². The lowest BCUT2D eigenvalue weighted by atomic mass is 9.44. The van der Waals surface area contributed by atoms with Gasteiger partial charge in [-0.1, -0.05) is 25.7 Å². The number of fused-ring (bicyclic) bond motifs is 5. The molecule has 0 aromatic heterocycles. The van der Waals surface area contributed by atoms with Gasteiger partial charge in [-0.2, -0.15) is 0 Å². The summed E-state index contributed by atoms with van der Waals surface area (Å²) in [6.07, 6.45) is 10.0. The summed E-state index contributed by atoms with van der Waals surface area (Å²) in [6, 6.07) is 7.77. The van der Waals surface area contributed by atoms with E-state index in [0.717, 1.165) is 42.4 Å². The van der Waals surface area contributed by atoms with Crippen LogP contribution in [-0.4, -0.2) is 29.5 Å². The van der Waals surface area contributed by atoms with Crippen LogP contribution in [0.5, 0.6) is 5.75 Å². The maximum absolute atomic E-state index is 11.2. The van der Waals surface area contributed by atoms with Gasteiger partial charge in [-0.3, -0.25) is 0 Å². The molecule has 32 heavy (non-hydrogen) atoms. The molecule has 0 heterocycles. The number of hydrogen-bond acceptors (Lipinski definition) is 3. The monoisotopic (exact) mass is 436 g/mol. The second-order valence-electron chi connectivity index (χ2n) is 11.8. The number of aliphatic hydroxyl groups is 2. The maximum Gasteiger partial charge on any atom is 0.118 e. The largest absolute Gasteiger partial charge is 0.497 e. The van der Waals surface area contributed by atoms with Crippen molar-refractivity contribution in [2.45, 2.75) is 83.8 Å². The molecule has 0 amide bonds. The fourth-order valence-electron chi connectivity index (χ4n) is 8.73. The van der Waals surface area contributed by atoms with Gasteiger partial charge in [-0.15, -0.1) is 0 Å². The van der Waals surface area contributed by atoms with E-state index in [1.54, 1.807) is 7.11 Å². The highest BCUT2D eigenvalue weighted by Crippen LogP contribution is 2.67. The second-order valence-corrected chi connectivity index (χ2v) is 11.8. The molecule has 2 N–H and O–H groups in total. The Morgan fingerprint density at radius 2 is 1.66 bits per heavy atom. The van der Waals surface area contributed by atoms with E-state index in [1.807, 2.05) is 24.3 Å². The lowest BCUT2D eigenvalue weighted by Gasteiger charge is -2.61. The average Bonchev–Trinajstić information content (AvgIpc) is 3.15. The van der Waals surface area contributed by atoms with Gasteiger partial charge in [0.2, 0.25) is 0 Å². The molecule has 3 unspecified atom stereocenters. The van der Waals surface area contributed by atoms with Gasteiger partial charge >= 0.3 is 0 Å². The van der Waals surface area contributed by atoms with Gasteiger partial charge in [-0.25, -0.2) is 0 Å². The minimum Gasteiger partial charge on any atom is -0.497 e. The van der Waals surface area contributed by atoms with Crippen LogP contribution in [0, 0.1) is 52.3 Å². The first-order chi connectivity index (χ1) is 15.3. The van der Waals surface area contributed by atoms with Gasteiger partial charge in [0.05, 0.1) is 13.2 Å². The molecule has 4 aliphatic rings. The predicted molar refractivity (Wildman–Crippen MR) is 127 cm³/mol. The fourth-order valence-corrected chi connectivity index (χ4v) is 8.73. The van der Waals surface area contributed by atoms with Crippen molar-refractivity contribution in [3.8, 4) is 17.6 Å². The van der Waals surface area contributed by atoms with Crippen molar-refractivity contribution in [3.05, 3.63) is 29.8 Å². The summed E-state index contributed by atoms with van der Waals surface area (Å²) in [4.78, 5) is 0. The smallest absolute Gasteiger partial charge is 0.118 e. The number of hydrogen-bond donors (Lipinski definition) is 2. The molecule has 4 aliphatic carbocycles. The lowest BCUT2D eigenvalue weighted by Crippen LogP contribution is -2.54. The maximum atomic E-state index is 11.2. The average molecular weight is 437 g/mol. The molecule has 0 radical (unpaired) electrons. The van der Waals surface area contributed by atoms with Crippen LogP contribution in [0.1, 0.15) is 77.2 Å². The lowest BCUT2D eigenvalue weighted by molar-refractivity contribution is -0.130. The van der Waals surface area contributed by atoms with Crippen LogP contribution in [0.3, 0.4) is 0 Å². The van der Waals surface area contributed by atoms with Crippen molar-refractivity contribution in [1.29, 1.82) is 0 Å². The second kappa shape index (κ2) is 8.37. The molecule has 4 saturated carbocycles. The Morgan fingerprint density at radius 3 is 2.41 bits per heavy atom.